The van der Waals surface area contributed by atoms with Gasteiger partial charge in [0.2, 0.25) is 10.0 Å². The molecule has 20 heavy (non-hydrogen) atoms. The second-order valence-electron chi connectivity index (χ2n) is 4.75. The van der Waals surface area contributed by atoms with Gasteiger partial charge in [-0.1, -0.05) is 0 Å². The number of morpholine rings is 1. The van der Waals surface area contributed by atoms with Crippen molar-refractivity contribution in [2.45, 2.75) is 24.0 Å². The highest BCUT2D eigenvalue weighted by Gasteiger charge is 2.36. The molecule has 1 aliphatic heterocycles. The van der Waals surface area contributed by atoms with Gasteiger partial charge in [0.25, 0.3) is 0 Å². The molecule has 1 heterocycles. The van der Waals surface area contributed by atoms with Crippen molar-refractivity contribution in [3.63, 3.8) is 0 Å². The Bertz CT molecular complexity index is 593. The van der Waals surface area contributed by atoms with Crippen molar-refractivity contribution in [1.82, 2.24) is 4.31 Å². The Labute approximate surface area is 126 Å². The van der Waals surface area contributed by atoms with E-state index in [0.29, 0.717) is 10.2 Å². The van der Waals surface area contributed by atoms with E-state index in [1.165, 1.54) is 10.4 Å². The number of hydrogen-bond donors (Lipinski definition) is 2. The summed E-state index contributed by atoms with van der Waals surface area (Å²) in [5, 5.41) is 9.15. The summed E-state index contributed by atoms with van der Waals surface area (Å²) in [6.07, 6.45) is -0.499. The van der Waals surface area contributed by atoms with Crippen molar-refractivity contribution in [2.24, 2.45) is 0 Å². The van der Waals surface area contributed by atoms with Crippen molar-refractivity contribution in [3.8, 4) is 0 Å². The number of hydrogen-bond acceptors (Lipinski definition) is 5. The number of ether oxygens (including phenoxy) is 1. The number of benzene rings is 1. The van der Waals surface area contributed by atoms with Gasteiger partial charge in [0, 0.05) is 22.7 Å². The van der Waals surface area contributed by atoms with Crippen LogP contribution in [0, 0.1) is 0 Å². The van der Waals surface area contributed by atoms with Crippen LogP contribution < -0.4 is 5.73 Å². The molecule has 2 unspecified atom stereocenters. The molecule has 2 atom stereocenters. The van der Waals surface area contributed by atoms with E-state index in [4.69, 9.17) is 15.6 Å². The van der Waals surface area contributed by atoms with Crippen LogP contribution in [0.25, 0.3) is 0 Å². The van der Waals surface area contributed by atoms with Crippen molar-refractivity contribution < 1.29 is 18.3 Å². The van der Waals surface area contributed by atoms with Gasteiger partial charge in [0.15, 0.2) is 0 Å². The van der Waals surface area contributed by atoms with Gasteiger partial charge >= 0.3 is 0 Å². The lowest BCUT2D eigenvalue weighted by molar-refractivity contribution is -0.0516. The maximum absolute atomic E-state index is 12.7. The van der Waals surface area contributed by atoms with Crippen LogP contribution >= 0.6 is 15.9 Å². The quantitative estimate of drug-likeness (QED) is 0.773. The maximum atomic E-state index is 12.7. The first-order chi connectivity index (χ1) is 9.36. The molecule has 1 aromatic rings. The summed E-state index contributed by atoms with van der Waals surface area (Å²) in [6, 6.07) is 4.37. The molecule has 0 saturated carbocycles. The second-order valence-corrected chi connectivity index (χ2v) is 7.46. The SMILES string of the molecule is CC1COC(CO)CN1S(=O)(=O)c1cc(N)ccc1Br. The predicted octanol–water partition coefficient (Wildman–Crippen LogP) is 0.802. The minimum absolute atomic E-state index is 0.126. The van der Waals surface area contributed by atoms with Crippen molar-refractivity contribution in [3.05, 3.63) is 22.7 Å². The third-order valence-electron chi connectivity index (χ3n) is 3.19. The number of aliphatic hydroxyl groups excluding tert-OH is 1. The van der Waals surface area contributed by atoms with E-state index >= 15 is 0 Å². The largest absolute Gasteiger partial charge is 0.399 e. The van der Waals surface area contributed by atoms with Crippen LogP contribution in [0.4, 0.5) is 5.69 Å². The lowest BCUT2D eigenvalue weighted by Gasteiger charge is -2.36. The number of anilines is 1. The van der Waals surface area contributed by atoms with Crippen LogP contribution in [0.2, 0.25) is 0 Å². The lowest BCUT2D eigenvalue weighted by Crippen LogP contribution is -2.51. The van der Waals surface area contributed by atoms with E-state index in [2.05, 4.69) is 15.9 Å². The van der Waals surface area contributed by atoms with Crippen molar-refractivity contribution >= 4 is 31.6 Å². The Hall–Kier alpha value is -0.670. The molecule has 0 amide bonds. The van der Waals surface area contributed by atoms with Crippen LogP contribution in [0.3, 0.4) is 0 Å². The van der Waals surface area contributed by atoms with E-state index in [1.807, 2.05) is 0 Å². The van der Waals surface area contributed by atoms with E-state index in [1.54, 1.807) is 19.1 Å². The average molecular weight is 365 g/mol. The monoisotopic (exact) mass is 364 g/mol. The van der Waals surface area contributed by atoms with Gasteiger partial charge in [-0.25, -0.2) is 8.42 Å². The van der Waals surface area contributed by atoms with Crippen molar-refractivity contribution in [1.29, 1.82) is 0 Å². The van der Waals surface area contributed by atoms with Gasteiger partial charge in [-0.05, 0) is 41.1 Å². The first-order valence-electron chi connectivity index (χ1n) is 6.15. The third-order valence-corrected chi connectivity index (χ3v) is 6.17. The van der Waals surface area contributed by atoms with Gasteiger partial charge in [-0.2, -0.15) is 4.31 Å². The average Bonchev–Trinajstić information content (AvgIpc) is 2.41. The number of sulfonamides is 1. The zero-order chi connectivity index (χ0) is 14.9. The molecule has 0 radical (unpaired) electrons. The Kier molecular flexibility index (Phi) is 4.70. The highest BCUT2D eigenvalue weighted by molar-refractivity contribution is 9.10. The normalized spacial score (nSPS) is 24.8. The smallest absolute Gasteiger partial charge is 0.244 e. The molecule has 8 heteroatoms. The van der Waals surface area contributed by atoms with Gasteiger partial charge in [0.1, 0.15) is 0 Å². The fourth-order valence-corrected chi connectivity index (χ4v) is 4.69. The predicted molar refractivity (Wildman–Crippen MR) is 78.7 cm³/mol. The highest BCUT2D eigenvalue weighted by atomic mass is 79.9. The second kappa shape index (κ2) is 5.98. The standard InChI is InChI=1S/C12H17BrN2O4S/c1-8-7-19-10(6-16)5-15(8)20(17,18)12-4-9(14)2-3-11(12)13/h2-4,8,10,16H,5-7,14H2,1H3. The Morgan fingerprint density at radius 2 is 2.25 bits per heavy atom. The molecule has 6 nitrogen and oxygen atoms in total. The van der Waals surface area contributed by atoms with Crippen LogP contribution in [-0.4, -0.2) is 49.7 Å². The van der Waals surface area contributed by atoms with Crippen LogP contribution in [0.5, 0.6) is 0 Å². The summed E-state index contributed by atoms with van der Waals surface area (Å²) in [5.74, 6) is 0. The summed E-state index contributed by atoms with van der Waals surface area (Å²) in [7, 11) is -3.69. The fraction of sp³-hybridized carbons (Fsp3) is 0.500. The first-order valence-corrected chi connectivity index (χ1v) is 8.39. The highest BCUT2D eigenvalue weighted by Crippen LogP contribution is 2.29. The molecular weight excluding hydrogens is 348 g/mol. The lowest BCUT2D eigenvalue weighted by atomic mass is 10.2. The zero-order valence-corrected chi connectivity index (χ0v) is 13.4. The van der Waals surface area contributed by atoms with Crippen LogP contribution in [0.15, 0.2) is 27.6 Å². The Morgan fingerprint density at radius 1 is 1.55 bits per heavy atom. The Morgan fingerprint density at radius 3 is 2.90 bits per heavy atom. The summed E-state index contributed by atoms with van der Waals surface area (Å²) >= 11 is 3.24. The van der Waals surface area contributed by atoms with E-state index in [-0.39, 0.29) is 30.7 Å². The van der Waals surface area contributed by atoms with E-state index in [9.17, 15) is 8.42 Å². The molecule has 0 aliphatic carbocycles. The molecule has 2 rings (SSSR count). The van der Waals surface area contributed by atoms with Crippen molar-refractivity contribution in [2.75, 3.05) is 25.5 Å². The molecule has 0 spiro atoms. The number of rotatable bonds is 3. The molecule has 0 bridgehead atoms. The molecule has 1 aromatic carbocycles. The summed E-state index contributed by atoms with van der Waals surface area (Å²) < 4.78 is 32.6. The fourth-order valence-electron chi connectivity index (χ4n) is 2.08. The minimum atomic E-state index is -3.69. The Balaban J connectivity index is 2.40. The summed E-state index contributed by atoms with van der Waals surface area (Å²) in [6.45, 7) is 1.94. The molecule has 1 saturated heterocycles. The molecule has 112 valence electrons. The van der Waals surface area contributed by atoms with Crippen LogP contribution in [-0.2, 0) is 14.8 Å². The van der Waals surface area contributed by atoms with Crippen LogP contribution in [0.1, 0.15) is 6.92 Å². The maximum Gasteiger partial charge on any atom is 0.244 e. The molecule has 0 aromatic heterocycles. The summed E-state index contributed by atoms with van der Waals surface area (Å²) in [4.78, 5) is 0.128. The number of halogens is 1. The first kappa shape index (κ1) is 15.7. The van der Waals surface area contributed by atoms with Gasteiger partial charge in [-0.3, -0.25) is 0 Å². The minimum Gasteiger partial charge on any atom is -0.399 e. The van der Waals surface area contributed by atoms with E-state index in [0.717, 1.165) is 0 Å². The molecule has 1 fully saturated rings. The topological polar surface area (TPSA) is 92.9 Å². The molecule has 3 N–H and O–H groups in total. The molecular formula is C12H17BrN2O4S. The summed E-state index contributed by atoms with van der Waals surface area (Å²) in [5.41, 5.74) is 6.05. The number of nitrogens with two attached hydrogens (primary N) is 1. The van der Waals surface area contributed by atoms with Gasteiger partial charge in [-0.15, -0.1) is 0 Å². The van der Waals surface area contributed by atoms with Gasteiger partial charge < -0.3 is 15.6 Å². The number of nitrogens with zero attached hydrogens (tertiary/aromatic N) is 1. The number of nitrogen functional groups attached to an aromatic ring is 1. The number of aliphatic hydroxyl groups is 1. The van der Waals surface area contributed by atoms with E-state index < -0.39 is 16.1 Å². The van der Waals surface area contributed by atoms with Gasteiger partial charge in [0.05, 0.1) is 24.2 Å². The zero-order valence-electron chi connectivity index (χ0n) is 11.0. The molecule has 1 aliphatic rings. The third kappa shape index (κ3) is 2.99.